The van der Waals surface area contributed by atoms with Gasteiger partial charge in [0, 0.05) is 12.5 Å². The first-order valence-corrected chi connectivity index (χ1v) is 7.05. The van der Waals surface area contributed by atoms with Crippen LogP contribution in [-0.4, -0.2) is 18.0 Å². The highest BCUT2D eigenvalue weighted by Gasteiger charge is 2.20. The Balaban J connectivity index is 2.09. The summed E-state index contributed by atoms with van der Waals surface area (Å²) in [6.07, 6.45) is -0.649. The number of hydrogen-bond donors (Lipinski definition) is 1. The molecule has 1 amide bonds. The second kappa shape index (κ2) is 6.65. The van der Waals surface area contributed by atoms with Crippen LogP contribution in [0.4, 0.5) is 5.13 Å². The van der Waals surface area contributed by atoms with E-state index in [4.69, 9.17) is 16.3 Å². The first kappa shape index (κ1) is 14.0. The van der Waals surface area contributed by atoms with Gasteiger partial charge in [-0.15, -0.1) is 22.9 Å². The number of alkyl halides is 1. The van der Waals surface area contributed by atoms with E-state index < -0.39 is 6.10 Å². The molecule has 0 bridgehead atoms. The quantitative estimate of drug-likeness (QED) is 0.862. The number of thiazole rings is 1. The zero-order valence-electron chi connectivity index (χ0n) is 10.3. The van der Waals surface area contributed by atoms with Crippen molar-refractivity contribution >= 4 is 34.0 Å². The lowest BCUT2D eigenvalue weighted by Gasteiger charge is -2.14. The second-order valence-corrected chi connectivity index (χ2v) is 4.92. The van der Waals surface area contributed by atoms with E-state index >= 15 is 0 Å². The lowest BCUT2D eigenvalue weighted by molar-refractivity contribution is -0.126. The molecule has 0 radical (unpaired) electrons. The van der Waals surface area contributed by atoms with Crippen molar-refractivity contribution in [3.63, 3.8) is 0 Å². The topological polar surface area (TPSA) is 51.2 Å². The van der Waals surface area contributed by atoms with Crippen molar-refractivity contribution in [1.29, 1.82) is 0 Å². The highest BCUT2D eigenvalue weighted by molar-refractivity contribution is 7.14. The highest BCUT2D eigenvalue weighted by atomic mass is 35.5. The molecule has 0 aliphatic rings. The van der Waals surface area contributed by atoms with Crippen molar-refractivity contribution in [3.8, 4) is 0 Å². The molecule has 0 spiro atoms. The minimum Gasteiger partial charge on any atom is -0.367 e. The van der Waals surface area contributed by atoms with Gasteiger partial charge < -0.3 is 4.74 Å². The van der Waals surface area contributed by atoms with E-state index in [0.29, 0.717) is 11.0 Å². The number of aromatic nitrogens is 1. The lowest BCUT2D eigenvalue weighted by atomic mass is 10.1. The Hall–Kier alpha value is -1.43. The van der Waals surface area contributed by atoms with Gasteiger partial charge in [0.1, 0.15) is 0 Å². The van der Waals surface area contributed by atoms with Crippen molar-refractivity contribution in [1.82, 2.24) is 4.98 Å². The van der Waals surface area contributed by atoms with E-state index in [2.05, 4.69) is 10.3 Å². The number of nitrogens with one attached hydrogen (secondary N) is 1. The summed E-state index contributed by atoms with van der Waals surface area (Å²) in [4.78, 5) is 16.3. The number of carbonyl (C=O) groups is 1. The fraction of sp³-hybridized carbons (Fsp3) is 0.231. The van der Waals surface area contributed by atoms with E-state index in [1.165, 1.54) is 18.4 Å². The van der Waals surface area contributed by atoms with Gasteiger partial charge in [-0.05, 0) is 5.56 Å². The number of methoxy groups -OCH3 is 1. The molecular weight excluding hydrogens is 284 g/mol. The highest BCUT2D eigenvalue weighted by Crippen LogP contribution is 2.21. The maximum Gasteiger partial charge on any atom is 0.259 e. The maximum absolute atomic E-state index is 12.1. The largest absolute Gasteiger partial charge is 0.367 e. The third kappa shape index (κ3) is 3.53. The summed E-state index contributed by atoms with van der Waals surface area (Å²) >= 11 is 7.01. The van der Waals surface area contributed by atoms with Crippen LogP contribution in [-0.2, 0) is 15.4 Å². The SMILES string of the molecule is COC(C(=O)Nc1nc(CCl)cs1)c1ccccc1. The first-order valence-electron chi connectivity index (χ1n) is 5.63. The Morgan fingerprint density at radius 3 is 2.79 bits per heavy atom. The molecule has 1 aromatic carbocycles. The molecule has 2 rings (SSSR count). The molecule has 0 aliphatic carbocycles. The predicted molar refractivity (Wildman–Crippen MR) is 76.5 cm³/mol. The molecule has 1 unspecified atom stereocenters. The standard InChI is InChI=1S/C13H13ClN2O2S/c1-18-11(9-5-3-2-4-6-9)12(17)16-13-15-10(7-14)8-19-13/h2-6,8,11H,7H2,1H3,(H,15,16,17). The van der Waals surface area contributed by atoms with Crippen LogP contribution in [0.1, 0.15) is 17.4 Å². The monoisotopic (exact) mass is 296 g/mol. The average Bonchev–Trinajstić information content (AvgIpc) is 2.88. The number of halogens is 1. The van der Waals surface area contributed by atoms with Crippen LogP contribution in [0.15, 0.2) is 35.7 Å². The van der Waals surface area contributed by atoms with Gasteiger partial charge in [0.15, 0.2) is 11.2 Å². The molecule has 4 nitrogen and oxygen atoms in total. The Morgan fingerprint density at radius 1 is 1.47 bits per heavy atom. The predicted octanol–water partition coefficient (Wildman–Crippen LogP) is 3.21. The summed E-state index contributed by atoms with van der Waals surface area (Å²) in [5.74, 6) is 0.0860. The number of anilines is 1. The Labute approximate surface area is 120 Å². The number of carbonyl (C=O) groups excluding carboxylic acids is 1. The summed E-state index contributed by atoms with van der Waals surface area (Å²) in [6, 6.07) is 9.31. The third-order valence-electron chi connectivity index (χ3n) is 2.49. The third-order valence-corrected chi connectivity index (χ3v) is 3.58. The van der Waals surface area contributed by atoms with Gasteiger partial charge in [0.05, 0.1) is 11.6 Å². The van der Waals surface area contributed by atoms with Crippen molar-refractivity contribution in [2.24, 2.45) is 0 Å². The maximum atomic E-state index is 12.1. The van der Waals surface area contributed by atoms with E-state index in [0.717, 1.165) is 11.3 Å². The summed E-state index contributed by atoms with van der Waals surface area (Å²) < 4.78 is 5.24. The molecule has 100 valence electrons. The molecule has 2 aromatic rings. The first-order chi connectivity index (χ1) is 9.24. The summed E-state index contributed by atoms with van der Waals surface area (Å²) in [5, 5.41) is 5.07. The lowest BCUT2D eigenvalue weighted by Crippen LogP contribution is -2.22. The number of nitrogens with zero attached hydrogens (tertiary/aromatic N) is 1. The minimum atomic E-state index is -0.649. The van der Waals surface area contributed by atoms with Crippen LogP contribution in [0.3, 0.4) is 0 Å². The van der Waals surface area contributed by atoms with Gasteiger partial charge in [-0.2, -0.15) is 0 Å². The van der Waals surface area contributed by atoms with Crippen LogP contribution >= 0.6 is 22.9 Å². The minimum absolute atomic E-state index is 0.246. The molecule has 1 atom stereocenters. The van der Waals surface area contributed by atoms with Gasteiger partial charge in [-0.25, -0.2) is 4.98 Å². The molecule has 0 aliphatic heterocycles. The average molecular weight is 297 g/mol. The molecule has 1 aromatic heterocycles. The molecule has 1 heterocycles. The van der Waals surface area contributed by atoms with Crippen LogP contribution in [0.5, 0.6) is 0 Å². The van der Waals surface area contributed by atoms with Gasteiger partial charge in [-0.1, -0.05) is 30.3 Å². The number of rotatable bonds is 5. The van der Waals surface area contributed by atoms with Crippen molar-refractivity contribution < 1.29 is 9.53 Å². The zero-order valence-corrected chi connectivity index (χ0v) is 11.9. The van der Waals surface area contributed by atoms with E-state index in [-0.39, 0.29) is 5.91 Å². The van der Waals surface area contributed by atoms with Gasteiger partial charge in [0.2, 0.25) is 0 Å². The number of benzene rings is 1. The number of hydrogen-bond acceptors (Lipinski definition) is 4. The fourth-order valence-electron chi connectivity index (χ4n) is 1.62. The van der Waals surface area contributed by atoms with E-state index in [1.54, 1.807) is 0 Å². The molecule has 19 heavy (non-hydrogen) atoms. The van der Waals surface area contributed by atoms with Crippen LogP contribution in [0, 0.1) is 0 Å². The fourth-order valence-corrected chi connectivity index (χ4v) is 2.56. The number of amides is 1. The van der Waals surface area contributed by atoms with Crippen LogP contribution in [0.25, 0.3) is 0 Å². The molecular formula is C13H13ClN2O2S. The summed E-state index contributed by atoms with van der Waals surface area (Å²) in [7, 11) is 1.50. The second-order valence-electron chi connectivity index (χ2n) is 3.79. The summed E-state index contributed by atoms with van der Waals surface area (Å²) in [6.45, 7) is 0. The zero-order chi connectivity index (χ0) is 13.7. The molecule has 0 saturated carbocycles. The molecule has 0 saturated heterocycles. The molecule has 6 heteroatoms. The van der Waals surface area contributed by atoms with Crippen LogP contribution in [0.2, 0.25) is 0 Å². The van der Waals surface area contributed by atoms with Gasteiger partial charge in [-0.3, -0.25) is 10.1 Å². The van der Waals surface area contributed by atoms with Crippen molar-refractivity contribution in [3.05, 3.63) is 47.0 Å². The van der Waals surface area contributed by atoms with Gasteiger partial charge in [0.25, 0.3) is 5.91 Å². The van der Waals surface area contributed by atoms with E-state index in [9.17, 15) is 4.79 Å². The van der Waals surface area contributed by atoms with Crippen LogP contribution < -0.4 is 5.32 Å². The Morgan fingerprint density at radius 2 is 2.21 bits per heavy atom. The Kier molecular flexibility index (Phi) is 4.90. The Bertz CT molecular complexity index is 545. The molecule has 1 N–H and O–H groups in total. The normalized spacial score (nSPS) is 12.1. The molecule has 0 fully saturated rings. The van der Waals surface area contributed by atoms with Crippen molar-refractivity contribution in [2.45, 2.75) is 12.0 Å². The number of ether oxygens (including phenoxy) is 1. The van der Waals surface area contributed by atoms with Crippen molar-refractivity contribution in [2.75, 3.05) is 12.4 Å². The summed E-state index contributed by atoms with van der Waals surface area (Å²) in [5.41, 5.74) is 1.55. The smallest absolute Gasteiger partial charge is 0.259 e. The van der Waals surface area contributed by atoms with Gasteiger partial charge >= 0.3 is 0 Å². The van der Waals surface area contributed by atoms with E-state index in [1.807, 2.05) is 35.7 Å².